The summed E-state index contributed by atoms with van der Waals surface area (Å²) in [4.78, 5) is 13.8. The van der Waals surface area contributed by atoms with Crippen LogP contribution in [0, 0.1) is 9.49 Å². The molecule has 0 atom stereocenters. The van der Waals surface area contributed by atoms with Crippen LogP contribution in [0.1, 0.15) is 12.8 Å². The van der Waals surface area contributed by atoms with Gasteiger partial charge in [0, 0.05) is 10.1 Å². The van der Waals surface area contributed by atoms with Crippen LogP contribution in [-0.4, -0.2) is 19.0 Å². The summed E-state index contributed by atoms with van der Waals surface area (Å²) in [5.41, 5.74) is 2.13. The molecule has 1 aromatic carbocycles. The van der Waals surface area contributed by atoms with Crippen molar-refractivity contribution < 1.29 is 4.79 Å². The molecule has 3 rings (SSSR count). The maximum Gasteiger partial charge on any atom is 0.243 e. The number of benzene rings is 1. The van der Waals surface area contributed by atoms with Crippen LogP contribution in [0.3, 0.4) is 0 Å². The Bertz CT molecular complexity index is 443. The monoisotopic (exact) mass is 328 g/mol. The third kappa shape index (κ3) is 2.03. The van der Waals surface area contributed by atoms with Gasteiger partial charge in [-0.2, -0.15) is 0 Å². The lowest BCUT2D eigenvalue weighted by Crippen LogP contribution is -2.39. The summed E-state index contributed by atoms with van der Waals surface area (Å²) < 4.78 is 1.16. The fourth-order valence-corrected chi connectivity index (χ4v) is 2.60. The van der Waals surface area contributed by atoms with E-state index in [4.69, 9.17) is 0 Å². The lowest BCUT2D eigenvalue weighted by atomic mass is 10.2. The van der Waals surface area contributed by atoms with Gasteiger partial charge >= 0.3 is 0 Å². The first-order valence-electron chi connectivity index (χ1n) is 5.57. The van der Waals surface area contributed by atoms with Gasteiger partial charge in [0.25, 0.3) is 0 Å². The average molecular weight is 328 g/mol. The minimum atomic E-state index is 0.107. The number of anilines is 2. The highest BCUT2D eigenvalue weighted by Crippen LogP contribution is 2.36. The predicted molar refractivity (Wildman–Crippen MR) is 72.7 cm³/mol. The Kier molecular flexibility index (Phi) is 2.53. The molecule has 16 heavy (non-hydrogen) atoms. The van der Waals surface area contributed by atoms with Crippen LogP contribution >= 0.6 is 22.6 Å². The normalized spacial score (nSPS) is 19.3. The fraction of sp³-hybridized carbons (Fsp3) is 0.417. The van der Waals surface area contributed by atoms with Gasteiger partial charge in [0.05, 0.1) is 17.9 Å². The van der Waals surface area contributed by atoms with Crippen molar-refractivity contribution >= 4 is 39.9 Å². The van der Waals surface area contributed by atoms with E-state index in [2.05, 4.69) is 44.9 Å². The molecule has 1 N–H and O–H groups in total. The number of hydrogen-bond donors (Lipinski definition) is 1. The van der Waals surface area contributed by atoms with Gasteiger partial charge in [-0.3, -0.25) is 4.79 Å². The third-order valence-electron chi connectivity index (χ3n) is 3.08. The van der Waals surface area contributed by atoms with Gasteiger partial charge in [-0.1, -0.05) is 0 Å². The Balaban J connectivity index is 1.93. The summed E-state index contributed by atoms with van der Waals surface area (Å²) in [6.07, 6.45) is 2.63. The maximum atomic E-state index is 11.6. The largest absolute Gasteiger partial charge is 0.360 e. The molecule has 3 nitrogen and oxygen atoms in total. The molecule has 1 heterocycles. The van der Waals surface area contributed by atoms with Crippen LogP contribution in [0.2, 0.25) is 0 Å². The van der Waals surface area contributed by atoms with Gasteiger partial charge in [-0.15, -0.1) is 0 Å². The Morgan fingerprint density at radius 1 is 1.44 bits per heavy atom. The summed E-state index contributed by atoms with van der Waals surface area (Å²) in [6.45, 7) is 1.53. The Morgan fingerprint density at radius 2 is 2.25 bits per heavy atom. The van der Waals surface area contributed by atoms with Crippen molar-refractivity contribution in [3.63, 3.8) is 0 Å². The predicted octanol–water partition coefficient (Wildman–Crippen LogP) is 2.46. The van der Waals surface area contributed by atoms with E-state index in [-0.39, 0.29) is 5.91 Å². The topological polar surface area (TPSA) is 32.3 Å². The second-order valence-corrected chi connectivity index (χ2v) is 5.78. The van der Waals surface area contributed by atoms with Crippen molar-refractivity contribution in [2.24, 2.45) is 5.92 Å². The van der Waals surface area contributed by atoms with Gasteiger partial charge in [-0.05, 0) is 59.5 Å². The Labute approximate surface area is 108 Å². The zero-order valence-electron chi connectivity index (χ0n) is 8.87. The highest BCUT2D eigenvalue weighted by molar-refractivity contribution is 14.1. The van der Waals surface area contributed by atoms with E-state index in [1.807, 2.05) is 6.07 Å². The zero-order valence-corrected chi connectivity index (χ0v) is 11.0. The van der Waals surface area contributed by atoms with Crippen LogP contribution in [-0.2, 0) is 4.79 Å². The number of rotatable bonds is 2. The molecule has 0 aromatic heterocycles. The van der Waals surface area contributed by atoms with Crippen LogP contribution < -0.4 is 10.2 Å². The van der Waals surface area contributed by atoms with Crippen LogP contribution in [0.25, 0.3) is 0 Å². The second-order valence-electron chi connectivity index (χ2n) is 4.53. The van der Waals surface area contributed by atoms with Gasteiger partial charge in [0.2, 0.25) is 5.91 Å². The molecule has 84 valence electrons. The van der Waals surface area contributed by atoms with E-state index in [0.717, 1.165) is 21.7 Å². The van der Waals surface area contributed by atoms with E-state index in [0.29, 0.717) is 6.54 Å². The molecule has 1 aromatic rings. The number of halogens is 1. The standard InChI is InChI=1S/C12H13IN2O/c13-9-3-4-11-10(5-9)14-12(16)7-15(11)6-8-1-2-8/h3-5,8H,1-2,6-7H2,(H,14,16). The van der Waals surface area contributed by atoms with E-state index in [1.165, 1.54) is 18.5 Å². The molecule has 0 bridgehead atoms. The molecule has 0 unspecified atom stereocenters. The maximum absolute atomic E-state index is 11.6. The molecule has 1 fully saturated rings. The lowest BCUT2D eigenvalue weighted by Gasteiger charge is -2.31. The number of fused-ring (bicyclic) bond motifs is 1. The van der Waals surface area contributed by atoms with E-state index < -0.39 is 0 Å². The molecule has 4 heteroatoms. The summed E-state index contributed by atoms with van der Waals surface area (Å²) >= 11 is 2.27. The van der Waals surface area contributed by atoms with Crippen molar-refractivity contribution in [3.05, 3.63) is 21.8 Å². The van der Waals surface area contributed by atoms with E-state index in [1.54, 1.807) is 0 Å². The number of nitrogens with zero attached hydrogens (tertiary/aromatic N) is 1. The summed E-state index contributed by atoms with van der Waals surface area (Å²) in [5.74, 6) is 0.910. The molecular weight excluding hydrogens is 315 g/mol. The van der Waals surface area contributed by atoms with Crippen molar-refractivity contribution in [3.8, 4) is 0 Å². The van der Waals surface area contributed by atoms with Gasteiger partial charge < -0.3 is 10.2 Å². The van der Waals surface area contributed by atoms with Crippen molar-refractivity contribution in [2.75, 3.05) is 23.3 Å². The molecule has 1 saturated carbocycles. The smallest absolute Gasteiger partial charge is 0.243 e. The van der Waals surface area contributed by atoms with E-state index in [9.17, 15) is 4.79 Å². The highest BCUT2D eigenvalue weighted by atomic mass is 127. The highest BCUT2D eigenvalue weighted by Gasteiger charge is 2.29. The minimum Gasteiger partial charge on any atom is -0.360 e. The number of carbonyl (C=O) groups is 1. The zero-order chi connectivity index (χ0) is 11.1. The SMILES string of the molecule is O=C1CN(CC2CC2)c2ccc(I)cc2N1. The first-order chi connectivity index (χ1) is 7.72. The first-order valence-corrected chi connectivity index (χ1v) is 6.64. The number of amides is 1. The molecule has 1 aliphatic heterocycles. The van der Waals surface area contributed by atoms with Crippen molar-refractivity contribution in [2.45, 2.75) is 12.8 Å². The van der Waals surface area contributed by atoms with Crippen LogP contribution in [0.4, 0.5) is 11.4 Å². The average Bonchev–Trinajstić information content (AvgIpc) is 3.00. The van der Waals surface area contributed by atoms with Crippen LogP contribution in [0.15, 0.2) is 18.2 Å². The molecule has 0 spiro atoms. The number of hydrogen-bond acceptors (Lipinski definition) is 2. The van der Waals surface area contributed by atoms with E-state index >= 15 is 0 Å². The quantitative estimate of drug-likeness (QED) is 0.846. The van der Waals surface area contributed by atoms with Crippen molar-refractivity contribution in [1.82, 2.24) is 0 Å². The lowest BCUT2D eigenvalue weighted by molar-refractivity contribution is -0.115. The van der Waals surface area contributed by atoms with Gasteiger partial charge in [0.1, 0.15) is 0 Å². The second kappa shape index (κ2) is 3.91. The fourth-order valence-electron chi connectivity index (χ4n) is 2.11. The first kappa shape index (κ1) is 10.4. The molecular formula is C12H13IN2O. The van der Waals surface area contributed by atoms with Gasteiger partial charge in [-0.25, -0.2) is 0 Å². The summed E-state index contributed by atoms with van der Waals surface area (Å²) in [7, 11) is 0. The third-order valence-corrected chi connectivity index (χ3v) is 3.75. The minimum absolute atomic E-state index is 0.107. The molecule has 1 amide bonds. The Hall–Kier alpha value is -0.780. The van der Waals surface area contributed by atoms with Crippen LogP contribution in [0.5, 0.6) is 0 Å². The molecule has 2 aliphatic rings. The van der Waals surface area contributed by atoms with Gasteiger partial charge in [0.15, 0.2) is 0 Å². The summed E-state index contributed by atoms with van der Waals surface area (Å²) in [6, 6.07) is 6.24. The number of nitrogens with one attached hydrogen (secondary N) is 1. The number of carbonyl (C=O) groups excluding carboxylic acids is 1. The summed E-state index contributed by atoms with van der Waals surface area (Å²) in [5, 5.41) is 2.94. The molecule has 0 radical (unpaired) electrons. The Morgan fingerprint density at radius 3 is 3.00 bits per heavy atom. The molecule has 0 saturated heterocycles. The van der Waals surface area contributed by atoms with Crippen molar-refractivity contribution in [1.29, 1.82) is 0 Å². The molecule has 1 aliphatic carbocycles.